The van der Waals surface area contributed by atoms with Crippen molar-refractivity contribution in [3.8, 4) is 0 Å². The highest BCUT2D eigenvalue weighted by molar-refractivity contribution is 5.90. The molecule has 1 aliphatic rings. The topological polar surface area (TPSA) is 61.2 Å². The van der Waals surface area contributed by atoms with Gasteiger partial charge in [-0.3, -0.25) is 4.79 Å². The largest absolute Gasteiger partial charge is 0.366 e. The van der Waals surface area contributed by atoms with Gasteiger partial charge in [0.25, 0.3) is 5.56 Å². The van der Waals surface area contributed by atoms with Crippen molar-refractivity contribution >= 4 is 16.9 Å². The highest BCUT2D eigenvalue weighted by atomic mass is 19.1. The van der Waals surface area contributed by atoms with Crippen molar-refractivity contribution in [1.82, 2.24) is 9.71 Å². The average molecular weight is 366 g/mol. The Labute approximate surface area is 155 Å². The molecule has 5 nitrogen and oxygen atoms in total. The number of hydrogen-bond donors (Lipinski definition) is 0. The third-order valence-electron chi connectivity index (χ3n) is 5.00. The maximum Gasteiger partial charge on any atom is 0.366 e. The number of benzene rings is 2. The number of para-hydroxylation sites is 1. The van der Waals surface area contributed by atoms with E-state index >= 15 is 0 Å². The minimum Gasteiger partial charge on any atom is -0.326 e. The molecular formula is C21H19FN2O3. The molecule has 27 heavy (non-hydrogen) atoms. The summed E-state index contributed by atoms with van der Waals surface area (Å²) >= 11 is 0. The van der Waals surface area contributed by atoms with Crippen LogP contribution in [0, 0.1) is 5.82 Å². The minimum atomic E-state index is -0.913. The summed E-state index contributed by atoms with van der Waals surface area (Å²) in [6.07, 6.45) is 4.97. The molecule has 0 saturated heterocycles. The quantitative estimate of drug-likeness (QED) is 0.706. The van der Waals surface area contributed by atoms with Crippen LogP contribution in [0.1, 0.15) is 54.2 Å². The summed E-state index contributed by atoms with van der Waals surface area (Å²) in [7, 11) is 0. The van der Waals surface area contributed by atoms with Gasteiger partial charge in [0.05, 0.1) is 16.5 Å². The number of fused-ring (bicyclic) bond motifs is 1. The minimum absolute atomic E-state index is 0.0319. The van der Waals surface area contributed by atoms with Gasteiger partial charge < -0.3 is 4.84 Å². The average Bonchev–Trinajstić information content (AvgIpc) is 2.71. The van der Waals surface area contributed by atoms with E-state index in [9.17, 15) is 14.0 Å². The number of aromatic nitrogens is 2. The molecule has 1 aromatic heterocycles. The fourth-order valence-electron chi connectivity index (χ4n) is 3.60. The summed E-state index contributed by atoms with van der Waals surface area (Å²) in [6, 6.07) is 12.5. The molecule has 6 heteroatoms. The van der Waals surface area contributed by atoms with Crippen LogP contribution in [-0.2, 0) is 0 Å². The van der Waals surface area contributed by atoms with E-state index in [1.54, 1.807) is 24.3 Å². The second-order valence-electron chi connectivity index (χ2n) is 6.78. The van der Waals surface area contributed by atoms with Crippen LogP contribution in [-0.4, -0.2) is 15.7 Å². The Hall–Kier alpha value is -3.02. The first-order chi connectivity index (χ1) is 13.1. The van der Waals surface area contributed by atoms with Crippen molar-refractivity contribution in [2.75, 3.05) is 0 Å². The van der Waals surface area contributed by atoms with E-state index in [1.807, 2.05) is 6.07 Å². The lowest BCUT2D eigenvalue weighted by Gasteiger charge is -2.23. The van der Waals surface area contributed by atoms with Crippen LogP contribution >= 0.6 is 0 Å². The predicted molar refractivity (Wildman–Crippen MR) is 99.1 cm³/mol. The van der Waals surface area contributed by atoms with Crippen molar-refractivity contribution in [1.29, 1.82) is 0 Å². The molecule has 1 heterocycles. The van der Waals surface area contributed by atoms with Gasteiger partial charge >= 0.3 is 5.97 Å². The Balaban J connectivity index is 1.82. The predicted octanol–water partition coefficient (Wildman–Crippen LogP) is 3.85. The first-order valence-electron chi connectivity index (χ1n) is 9.14. The lowest BCUT2D eigenvalue weighted by Crippen LogP contribution is -2.36. The van der Waals surface area contributed by atoms with Crippen LogP contribution in [0.25, 0.3) is 10.9 Å². The zero-order valence-corrected chi connectivity index (χ0v) is 14.7. The molecule has 2 aromatic carbocycles. The van der Waals surface area contributed by atoms with Crippen LogP contribution in [0.15, 0.2) is 53.3 Å². The van der Waals surface area contributed by atoms with E-state index < -0.39 is 17.3 Å². The van der Waals surface area contributed by atoms with E-state index in [-0.39, 0.29) is 11.5 Å². The Morgan fingerprint density at radius 1 is 1.04 bits per heavy atom. The van der Waals surface area contributed by atoms with E-state index in [1.165, 1.54) is 18.2 Å². The summed E-state index contributed by atoms with van der Waals surface area (Å²) in [5, 5.41) is 0.360. The molecule has 1 saturated carbocycles. The standard InChI is InChI=1S/C21H19FN2O3/c22-17-12-6-4-10-15(17)21(26)27-24-19(14-8-2-1-3-9-14)23-18-13-7-5-11-16(18)20(24)25/h4-7,10-14H,1-3,8-9H2. The third kappa shape index (κ3) is 3.35. The van der Waals surface area contributed by atoms with E-state index in [0.29, 0.717) is 16.7 Å². The van der Waals surface area contributed by atoms with Crippen molar-refractivity contribution in [2.24, 2.45) is 0 Å². The smallest absolute Gasteiger partial charge is 0.326 e. The molecule has 0 spiro atoms. The van der Waals surface area contributed by atoms with Crippen molar-refractivity contribution < 1.29 is 14.0 Å². The van der Waals surface area contributed by atoms with Gasteiger partial charge in [-0.1, -0.05) is 43.5 Å². The molecule has 1 fully saturated rings. The highest BCUT2D eigenvalue weighted by Crippen LogP contribution is 2.31. The summed E-state index contributed by atoms with van der Waals surface area (Å²) in [5.41, 5.74) is -0.0979. The Morgan fingerprint density at radius 3 is 2.52 bits per heavy atom. The van der Waals surface area contributed by atoms with Crippen LogP contribution in [0.4, 0.5) is 4.39 Å². The summed E-state index contributed by atoms with van der Waals surface area (Å²) in [5.74, 6) is -1.14. The van der Waals surface area contributed by atoms with Gasteiger partial charge in [-0.15, -0.1) is 4.73 Å². The van der Waals surface area contributed by atoms with Crippen LogP contribution in [0.3, 0.4) is 0 Å². The second kappa shape index (κ2) is 7.31. The Kier molecular flexibility index (Phi) is 4.71. The molecule has 0 unspecified atom stereocenters. The lowest BCUT2D eigenvalue weighted by atomic mass is 9.88. The van der Waals surface area contributed by atoms with Gasteiger partial charge in [0.15, 0.2) is 5.82 Å². The van der Waals surface area contributed by atoms with Crippen molar-refractivity contribution in [2.45, 2.75) is 38.0 Å². The molecule has 0 bridgehead atoms. The van der Waals surface area contributed by atoms with Crippen molar-refractivity contribution in [3.63, 3.8) is 0 Å². The van der Waals surface area contributed by atoms with Gasteiger partial charge in [-0.2, -0.15) is 0 Å². The number of hydrogen-bond acceptors (Lipinski definition) is 4. The number of carbonyl (C=O) groups is 1. The first-order valence-corrected chi connectivity index (χ1v) is 9.14. The summed E-state index contributed by atoms with van der Waals surface area (Å²) in [6.45, 7) is 0. The van der Waals surface area contributed by atoms with Crippen molar-refractivity contribution in [3.05, 3.63) is 76.1 Å². The first kappa shape index (κ1) is 17.4. The fourth-order valence-corrected chi connectivity index (χ4v) is 3.60. The molecule has 3 aromatic rings. The van der Waals surface area contributed by atoms with E-state index in [4.69, 9.17) is 4.84 Å². The maximum atomic E-state index is 13.9. The molecule has 0 atom stereocenters. The molecule has 1 aliphatic carbocycles. The van der Waals surface area contributed by atoms with E-state index in [2.05, 4.69) is 4.98 Å². The van der Waals surface area contributed by atoms with Gasteiger partial charge in [0.2, 0.25) is 0 Å². The maximum absolute atomic E-state index is 13.9. The summed E-state index contributed by atoms with van der Waals surface area (Å²) < 4.78 is 14.9. The van der Waals surface area contributed by atoms with Crippen LogP contribution in [0.5, 0.6) is 0 Å². The van der Waals surface area contributed by atoms with Gasteiger partial charge in [-0.05, 0) is 37.1 Å². The van der Waals surface area contributed by atoms with Crippen LogP contribution < -0.4 is 10.4 Å². The van der Waals surface area contributed by atoms with Gasteiger partial charge in [-0.25, -0.2) is 14.2 Å². The van der Waals surface area contributed by atoms with Gasteiger partial charge in [0.1, 0.15) is 5.82 Å². The zero-order chi connectivity index (χ0) is 18.8. The monoisotopic (exact) mass is 366 g/mol. The number of nitrogens with zero attached hydrogens (tertiary/aromatic N) is 2. The Morgan fingerprint density at radius 2 is 1.74 bits per heavy atom. The molecule has 0 N–H and O–H groups in total. The molecule has 138 valence electrons. The third-order valence-corrected chi connectivity index (χ3v) is 5.00. The highest BCUT2D eigenvalue weighted by Gasteiger charge is 2.25. The summed E-state index contributed by atoms with van der Waals surface area (Å²) in [4.78, 5) is 35.5. The SMILES string of the molecule is O=C(On1c(C2CCCCC2)nc2ccccc2c1=O)c1ccccc1F. The molecule has 0 radical (unpaired) electrons. The zero-order valence-electron chi connectivity index (χ0n) is 14.7. The number of rotatable bonds is 3. The van der Waals surface area contributed by atoms with Crippen LogP contribution in [0.2, 0.25) is 0 Å². The molecule has 0 amide bonds. The fraction of sp³-hybridized carbons (Fsp3) is 0.286. The number of carbonyl (C=O) groups excluding carboxylic acids is 1. The van der Waals surface area contributed by atoms with Gasteiger partial charge in [0, 0.05) is 5.92 Å². The Bertz CT molecular complexity index is 1050. The lowest BCUT2D eigenvalue weighted by molar-refractivity contribution is 0.0407. The molecular weight excluding hydrogens is 347 g/mol. The number of halogens is 1. The van der Waals surface area contributed by atoms with E-state index in [0.717, 1.165) is 36.8 Å². The molecule has 0 aliphatic heterocycles. The molecule has 4 rings (SSSR count). The normalized spacial score (nSPS) is 15.0. The second-order valence-corrected chi connectivity index (χ2v) is 6.78.